The first-order valence-electron chi connectivity index (χ1n) is 7.72. The molecule has 0 saturated heterocycles. The van der Waals surface area contributed by atoms with Gasteiger partial charge in [0.2, 0.25) is 11.8 Å². The van der Waals surface area contributed by atoms with E-state index in [9.17, 15) is 9.59 Å². The molecule has 3 aromatic rings. The SMILES string of the molecule is O=C(Cn1cnc2ccsc2c1=O)NCCc1noc(C2CC2)n1. The van der Waals surface area contributed by atoms with Gasteiger partial charge in [-0.15, -0.1) is 11.3 Å². The van der Waals surface area contributed by atoms with E-state index in [0.717, 1.165) is 12.8 Å². The van der Waals surface area contributed by atoms with Crippen molar-refractivity contribution in [2.24, 2.45) is 0 Å². The van der Waals surface area contributed by atoms with Crippen LogP contribution < -0.4 is 10.9 Å². The summed E-state index contributed by atoms with van der Waals surface area (Å²) in [4.78, 5) is 32.7. The Labute approximate surface area is 140 Å². The molecule has 24 heavy (non-hydrogen) atoms. The van der Waals surface area contributed by atoms with Gasteiger partial charge in [-0.25, -0.2) is 4.98 Å². The lowest BCUT2D eigenvalue weighted by Crippen LogP contribution is -2.33. The first-order chi connectivity index (χ1) is 11.7. The second kappa shape index (κ2) is 6.16. The van der Waals surface area contributed by atoms with E-state index in [1.165, 1.54) is 22.2 Å². The molecule has 1 aliphatic rings. The highest BCUT2D eigenvalue weighted by Gasteiger charge is 2.29. The topological polar surface area (TPSA) is 103 Å². The molecule has 1 aliphatic carbocycles. The van der Waals surface area contributed by atoms with Crippen LogP contribution in [0.15, 0.2) is 27.1 Å². The molecule has 0 unspecified atom stereocenters. The molecule has 0 aromatic carbocycles. The third-order valence-electron chi connectivity index (χ3n) is 3.83. The summed E-state index contributed by atoms with van der Waals surface area (Å²) in [6.07, 6.45) is 4.11. The molecule has 4 rings (SSSR count). The molecule has 1 amide bonds. The van der Waals surface area contributed by atoms with Crippen molar-refractivity contribution in [3.63, 3.8) is 0 Å². The molecule has 0 aliphatic heterocycles. The van der Waals surface area contributed by atoms with Crippen LogP contribution in [0, 0.1) is 0 Å². The van der Waals surface area contributed by atoms with Crippen LogP contribution in [0.4, 0.5) is 0 Å². The average Bonchev–Trinajstić information content (AvgIpc) is 3.12. The van der Waals surface area contributed by atoms with Crippen LogP contribution in [-0.4, -0.2) is 32.1 Å². The minimum atomic E-state index is -0.249. The van der Waals surface area contributed by atoms with Gasteiger partial charge in [0.15, 0.2) is 5.82 Å². The lowest BCUT2D eigenvalue weighted by atomic mass is 10.4. The summed E-state index contributed by atoms with van der Waals surface area (Å²) in [7, 11) is 0. The number of rotatable bonds is 6. The minimum absolute atomic E-state index is 0.0563. The largest absolute Gasteiger partial charge is 0.354 e. The van der Waals surface area contributed by atoms with Crippen LogP contribution >= 0.6 is 11.3 Å². The first-order valence-corrected chi connectivity index (χ1v) is 8.60. The molecule has 3 aromatic heterocycles. The quantitative estimate of drug-likeness (QED) is 0.717. The van der Waals surface area contributed by atoms with Crippen LogP contribution in [0.25, 0.3) is 10.2 Å². The third-order valence-corrected chi connectivity index (χ3v) is 4.72. The second-order valence-corrected chi connectivity index (χ2v) is 6.65. The smallest absolute Gasteiger partial charge is 0.271 e. The number of hydrogen-bond donors (Lipinski definition) is 1. The van der Waals surface area contributed by atoms with E-state index >= 15 is 0 Å². The average molecular weight is 345 g/mol. The van der Waals surface area contributed by atoms with Gasteiger partial charge < -0.3 is 9.84 Å². The zero-order valence-corrected chi connectivity index (χ0v) is 13.6. The number of thiophene rings is 1. The summed E-state index contributed by atoms with van der Waals surface area (Å²) >= 11 is 1.33. The molecule has 1 N–H and O–H groups in total. The minimum Gasteiger partial charge on any atom is -0.354 e. The molecule has 0 atom stereocenters. The summed E-state index contributed by atoms with van der Waals surface area (Å²) in [6.45, 7) is 0.338. The number of amides is 1. The van der Waals surface area contributed by atoms with Crippen LogP contribution in [0.2, 0.25) is 0 Å². The van der Waals surface area contributed by atoms with E-state index in [0.29, 0.717) is 40.8 Å². The van der Waals surface area contributed by atoms with E-state index in [-0.39, 0.29) is 18.0 Å². The van der Waals surface area contributed by atoms with Crippen molar-refractivity contribution in [3.8, 4) is 0 Å². The van der Waals surface area contributed by atoms with Gasteiger partial charge in [0.1, 0.15) is 11.2 Å². The monoisotopic (exact) mass is 345 g/mol. The number of carbonyl (C=O) groups excluding carboxylic acids is 1. The lowest BCUT2D eigenvalue weighted by Gasteiger charge is -2.06. The number of hydrogen-bond acceptors (Lipinski definition) is 7. The van der Waals surface area contributed by atoms with Crippen LogP contribution in [0.3, 0.4) is 0 Å². The maximum atomic E-state index is 12.2. The van der Waals surface area contributed by atoms with Crippen LogP contribution in [0.1, 0.15) is 30.5 Å². The summed E-state index contributed by atoms with van der Waals surface area (Å²) in [5.74, 6) is 1.46. The Bertz CT molecular complexity index is 940. The van der Waals surface area contributed by atoms with Crippen molar-refractivity contribution in [1.82, 2.24) is 25.0 Å². The molecular weight excluding hydrogens is 330 g/mol. The van der Waals surface area contributed by atoms with E-state index in [4.69, 9.17) is 4.52 Å². The van der Waals surface area contributed by atoms with Gasteiger partial charge in [0, 0.05) is 18.9 Å². The van der Waals surface area contributed by atoms with Crippen molar-refractivity contribution in [3.05, 3.63) is 39.8 Å². The molecule has 124 valence electrons. The Morgan fingerprint density at radius 3 is 3.17 bits per heavy atom. The zero-order valence-electron chi connectivity index (χ0n) is 12.8. The van der Waals surface area contributed by atoms with Gasteiger partial charge in [-0.1, -0.05) is 5.16 Å². The summed E-state index contributed by atoms with van der Waals surface area (Å²) in [6, 6.07) is 1.78. The molecule has 8 nitrogen and oxygen atoms in total. The van der Waals surface area contributed by atoms with Gasteiger partial charge in [0.05, 0.1) is 11.8 Å². The van der Waals surface area contributed by atoms with Gasteiger partial charge in [-0.05, 0) is 24.3 Å². The summed E-state index contributed by atoms with van der Waals surface area (Å²) in [5.41, 5.74) is 0.461. The van der Waals surface area contributed by atoms with Crippen LogP contribution in [-0.2, 0) is 17.8 Å². The standard InChI is InChI=1S/C15H15N5O3S/c21-12(7-20-8-17-10-4-6-24-13(10)15(20)22)16-5-3-11-18-14(23-19-11)9-1-2-9/h4,6,8-9H,1-3,5,7H2,(H,16,21). The third kappa shape index (κ3) is 3.07. The second-order valence-electron chi connectivity index (χ2n) is 5.74. The van der Waals surface area contributed by atoms with Crippen molar-refractivity contribution in [2.45, 2.75) is 31.7 Å². The number of nitrogens with zero attached hydrogens (tertiary/aromatic N) is 4. The maximum Gasteiger partial charge on any atom is 0.271 e. The predicted octanol–water partition coefficient (Wildman–Crippen LogP) is 1.08. The molecular formula is C15H15N5O3S. The fraction of sp³-hybridized carbons (Fsp3) is 0.400. The van der Waals surface area contributed by atoms with Gasteiger partial charge in [-0.2, -0.15) is 4.98 Å². The Balaban J connectivity index is 1.32. The summed E-state index contributed by atoms with van der Waals surface area (Å²) < 4.78 is 7.04. The van der Waals surface area contributed by atoms with Gasteiger partial charge in [-0.3, -0.25) is 14.2 Å². The number of fused-ring (bicyclic) bond motifs is 1. The molecule has 0 spiro atoms. The molecule has 0 bridgehead atoms. The fourth-order valence-corrected chi connectivity index (χ4v) is 3.17. The molecule has 3 heterocycles. The van der Waals surface area contributed by atoms with Gasteiger partial charge in [0.25, 0.3) is 5.56 Å². The van der Waals surface area contributed by atoms with Crippen LogP contribution in [0.5, 0.6) is 0 Å². The number of carbonyl (C=O) groups is 1. The highest BCUT2D eigenvalue weighted by molar-refractivity contribution is 7.17. The highest BCUT2D eigenvalue weighted by atomic mass is 32.1. The summed E-state index contributed by atoms with van der Waals surface area (Å²) in [5, 5.41) is 8.47. The maximum absolute atomic E-state index is 12.2. The van der Waals surface area contributed by atoms with Crippen molar-refractivity contribution >= 4 is 27.5 Å². The lowest BCUT2D eigenvalue weighted by molar-refractivity contribution is -0.121. The Hall–Kier alpha value is -2.55. The Morgan fingerprint density at radius 1 is 1.46 bits per heavy atom. The molecule has 9 heteroatoms. The molecule has 1 fully saturated rings. The number of aromatic nitrogens is 4. The zero-order chi connectivity index (χ0) is 16.5. The van der Waals surface area contributed by atoms with Crippen molar-refractivity contribution < 1.29 is 9.32 Å². The number of nitrogens with one attached hydrogen (secondary N) is 1. The molecule has 0 radical (unpaired) electrons. The normalized spacial score (nSPS) is 14.2. The Morgan fingerprint density at radius 2 is 2.33 bits per heavy atom. The van der Waals surface area contributed by atoms with Crippen molar-refractivity contribution in [2.75, 3.05) is 6.54 Å². The highest BCUT2D eigenvalue weighted by Crippen LogP contribution is 2.38. The fourth-order valence-electron chi connectivity index (χ4n) is 2.38. The van der Waals surface area contributed by atoms with E-state index < -0.39 is 0 Å². The van der Waals surface area contributed by atoms with E-state index in [2.05, 4.69) is 20.4 Å². The Kier molecular flexibility index (Phi) is 3.85. The van der Waals surface area contributed by atoms with E-state index in [1.54, 1.807) is 6.07 Å². The predicted molar refractivity (Wildman–Crippen MR) is 86.9 cm³/mol. The van der Waals surface area contributed by atoms with Crippen molar-refractivity contribution in [1.29, 1.82) is 0 Å². The molecule has 1 saturated carbocycles. The van der Waals surface area contributed by atoms with Gasteiger partial charge >= 0.3 is 0 Å². The van der Waals surface area contributed by atoms with E-state index in [1.807, 2.05) is 5.38 Å². The first kappa shape index (κ1) is 15.0.